The van der Waals surface area contributed by atoms with Crippen LogP contribution in [-0.4, -0.2) is 20.3 Å². The normalized spacial score (nSPS) is 10.7. The molecule has 1 aromatic carbocycles. The number of benzene rings is 1. The molecule has 112 valence electrons. The molecule has 0 atom stereocenters. The molecule has 0 aromatic heterocycles. The zero-order chi connectivity index (χ0) is 15.0. The Kier molecular flexibility index (Phi) is 7.16. The molecule has 3 heteroatoms. The second-order valence-electron chi connectivity index (χ2n) is 5.40. The molecule has 1 N–H and O–H groups in total. The molecule has 0 heterocycles. The van der Waals surface area contributed by atoms with Crippen molar-refractivity contribution in [1.29, 1.82) is 0 Å². The van der Waals surface area contributed by atoms with Gasteiger partial charge in [0.1, 0.15) is 6.61 Å². The van der Waals surface area contributed by atoms with E-state index in [2.05, 4.69) is 38.7 Å². The summed E-state index contributed by atoms with van der Waals surface area (Å²) >= 11 is 0. The van der Waals surface area contributed by atoms with Crippen LogP contribution in [0.25, 0.3) is 0 Å². The van der Waals surface area contributed by atoms with E-state index in [0.717, 1.165) is 36.6 Å². The van der Waals surface area contributed by atoms with E-state index in [1.807, 2.05) is 12.1 Å². The summed E-state index contributed by atoms with van der Waals surface area (Å²) in [6.07, 6.45) is 0.929. The van der Waals surface area contributed by atoms with Gasteiger partial charge in [0.15, 0.2) is 11.5 Å². The Morgan fingerprint density at radius 2 is 2.05 bits per heavy atom. The van der Waals surface area contributed by atoms with Crippen molar-refractivity contribution in [3.05, 3.63) is 35.9 Å². The Morgan fingerprint density at radius 1 is 1.30 bits per heavy atom. The molecular formula is C17H27NO2. The van der Waals surface area contributed by atoms with Crippen LogP contribution in [0.4, 0.5) is 0 Å². The van der Waals surface area contributed by atoms with Gasteiger partial charge in [-0.3, -0.25) is 0 Å². The molecule has 20 heavy (non-hydrogen) atoms. The van der Waals surface area contributed by atoms with Crippen molar-refractivity contribution in [2.24, 2.45) is 5.92 Å². The zero-order valence-electron chi connectivity index (χ0n) is 13.2. The van der Waals surface area contributed by atoms with Crippen LogP contribution in [-0.2, 0) is 6.54 Å². The van der Waals surface area contributed by atoms with Crippen LogP contribution in [0.1, 0.15) is 32.8 Å². The molecule has 0 amide bonds. The van der Waals surface area contributed by atoms with Crippen LogP contribution in [0.15, 0.2) is 30.4 Å². The molecule has 0 aliphatic rings. The van der Waals surface area contributed by atoms with Crippen LogP contribution < -0.4 is 14.8 Å². The van der Waals surface area contributed by atoms with Crippen molar-refractivity contribution in [1.82, 2.24) is 5.32 Å². The lowest BCUT2D eigenvalue weighted by Gasteiger charge is -2.14. The average Bonchev–Trinajstić information content (AvgIpc) is 2.44. The summed E-state index contributed by atoms with van der Waals surface area (Å²) in [6, 6.07) is 6.05. The molecule has 1 rings (SSSR count). The third kappa shape index (κ3) is 5.66. The second kappa shape index (κ2) is 8.64. The van der Waals surface area contributed by atoms with Gasteiger partial charge < -0.3 is 14.8 Å². The molecule has 0 saturated heterocycles. The van der Waals surface area contributed by atoms with E-state index in [-0.39, 0.29) is 0 Å². The molecule has 0 saturated carbocycles. The number of hydrogen-bond acceptors (Lipinski definition) is 3. The van der Waals surface area contributed by atoms with Crippen LogP contribution >= 0.6 is 0 Å². The quantitative estimate of drug-likeness (QED) is 0.697. The summed E-state index contributed by atoms with van der Waals surface area (Å²) in [5, 5.41) is 3.43. The van der Waals surface area contributed by atoms with Gasteiger partial charge in [-0.2, -0.15) is 0 Å². The first-order valence-electron chi connectivity index (χ1n) is 7.23. The third-order valence-electron chi connectivity index (χ3n) is 3.04. The minimum absolute atomic E-state index is 0.537. The van der Waals surface area contributed by atoms with Crippen LogP contribution in [0.5, 0.6) is 11.5 Å². The van der Waals surface area contributed by atoms with E-state index in [1.54, 1.807) is 7.11 Å². The zero-order valence-corrected chi connectivity index (χ0v) is 13.2. The lowest BCUT2D eigenvalue weighted by atomic mass is 10.1. The second-order valence-corrected chi connectivity index (χ2v) is 5.40. The predicted molar refractivity (Wildman–Crippen MR) is 84.5 cm³/mol. The predicted octanol–water partition coefficient (Wildman–Crippen LogP) is 3.79. The molecule has 1 aromatic rings. The maximum Gasteiger partial charge on any atom is 0.161 e. The average molecular weight is 277 g/mol. The van der Waals surface area contributed by atoms with E-state index < -0.39 is 0 Å². The monoisotopic (exact) mass is 277 g/mol. The minimum atomic E-state index is 0.537. The minimum Gasteiger partial charge on any atom is -0.493 e. The van der Waals surface area contributed by atoms with E-state index in [1.165, 1.54) is 5.56 Å². The summed E-state index contributed by atoms with van der Waals surface area (Å²) in [5.74, 6) is 2.20. The van der Waals surface area contributed by atoms with Gasteiger partial charge in [0.2, 0.25) is 0 Å². The fraction of sp³-hybridized carbons (Fsp3) is 0.529. The first-order valence-corrected chi connectivity index (χ1v) is 7.23. The maximum atomic E-state index is 5.80. The SMILES string of the molecule is C=C(CC)COc1cc(CNCC(C)C)ccc1OC. The van der Waals surface area contributed by atoms with Gasteiger partial charge in [-0.05, 0) is 42.2 Å². The van der Waals surface area contributed by atoms with Gasteiger partial charge in [-0.15, -0.1) is 0 Å². The molecule has 0 bridgehead atoms. The van der Waals surface area contributed by atoms with Crippen molar-refractivity contribution >= 4 is 0 Å². The molecular weight excluding hydrogens is 250 g/mol. The fourth-order valence-corrected chi connectivity index (χ4v) is 1.73. The number of methoxy groups -OCH3 is 1. The maximum absolute atomic E-state index is 5.80. The third-order valence-corrected chi connectivity index (χ3v) is 3.04. The van der Waals surface area contributed by atoms with Crippen molar-refractivity contribution in [2.45, 2.75) is 33.7 Å². The summed E-state index contributed by atoms with van der Waals surface area (Å²) in [4.78, 5) is 0. The molecule has 0 fully saturated rings. The molecule has 0 radical (unpaired) electrons. The Bertz CT molecular complexity index is 427. The van der Waals surface area contributed by atoms with Gasteiger partial charge in [-0.1, -0.05) is 33.4 Å². The number of hydrogen-bond donors (Lipinski definition) is 1. The molecule has 0 aliphatic heterocycles. The van der Waals surface area contributed by atoms with E-state index in [4.69, 9.17) is 9.47 Å². The van der Waals surface area contributed by atoms with Crippen LogP contribution in [0, 0.1) is 5.92 Å². The van der Waals surface area contributed by atoms with E-state index in [9.17, 15) is 0 Å². The lowest BCUT2D eigenvalue weighted by molar-refractivity contribution is 0.317. The van der Waals surface area contributed by atoms with E-state index >= 15 is 0 Å². The highest BCUT2D eigenvalue weighted by Gasteiger charge is 2.06. The van der Waals surface area contributed by atoms with Gasteiger partial charge in [0.05, 0.1) is 7.11 Å². The van der Waals surface area contributed by atoms with Crippen molar-refractivity contribution in [2.75, 3.05) is 20.3 Å². The van der Waals surface area contributed by atoms with Crippen molar-refractivity contribution in [3.8, 4) is 11.5 Å². The molecule has 0 spiro atoms. The fourth-order valence-electron chi connectivity index (χ4n) is 1.73. The summed E-state index contributed by atoms with van der Waals surface area (Å²) in [6.45, 7) is 12.8. The molecule has 0 aliphatic carbocycles. The Morgan fingerprint density at radius 3 is 2.65 bits per heavy atom. The molecule has 0 unspecified atom stereocenters. The van der Waals surface area contributed by atoms with Gasteiger partial charge in [0.25, 0.3) is 0 Å². The first kappa shape index (κ1) is 16.6. The van der Waals surface area contributed by atoms with Gasteiger partial charge in [0, 0.05) is 6.54 Å². The Balaban J connectivity index is 2.67. The summed E-state index contributed by atoms with van der Waals surface area (Å²) < 4.78 is 11.1. The highest BCUT2D eigenvalue weighted by atomic mass is 16.5. The topological polar surface area (TPSA) is 30.5 Å². The van der Waals surface area contributed by atoms with Crippen molar-refractivity contribution < 1.29 is 9.47 Å². The largest absolute Gasteiger partial charge is 0.493 e. The molecule has 3 nitrogen and oxygen atoms in total. The highest BCUT2D eigenvalue weighted by molar-refractivity contribution is 5.43. The Labute approximate surface area is 123 Å². The van der Waals surface area contributed by atoms with Crippen LogP contribution in [0.2, 0.25) is 0 Å². The number of rotatable bonds is 9. The van der Waals surface area contributed by atoms with Crippen LogP contribution in [0.3, 0.4) is 0 Å². The van der Waals surface area contributed by atoms with E-state index in [0.29, 0.717) is 12.5 Å². The number of ether oxygens (including phenoxy) is 2. The smallest absolute Gasteiger partial charge is 0.161 e. The lowest BCUT2D eigenvalue weighted by Crippen LogP contribution is -2.19. The first-order chi connectivity index (χ1) is 9.56. The number of nitrogens with one attached hydrogen (secondary N) is 1. The standard InChI is InChI=1S/C17H27NO2/c1-6-14(4)12-20-17-9-15(7-8-16(17)19-5)11-18-10-13(2)3/h7-9,13,18H,4,6,10-12H2,1-3,5H3. The van der Waals surface area contributed by atoms with Gasteiger partial charge in [-0.25, -0.2) is 0 Å². The highest BCUT2D eigenvalue weighted by Crippen LogP contribution is 2.28. The van der Waals surface area contributed by atoms with Crippen molar-refractivity contribution in [3.63, 3.8) is 0 Å². The summed E-state index contributed by atoms with van der Waals surface area (Å²) in [5.41, 5.74) is 2.28. The summed E-state index contributed by atoms with van der Waals surface area (Å²) in [7, 11) is 1.66. The Hall–Kier alpha value is -1.48. The van der Waals surface area contributed by atoms with Gasteiger partial charge >= 0.3 is 0 Å².